The number of nitrogens with zero attached hydrogens (tertiary/aromatic N) is 3. The molecule has 2 aromatic carbocycles. The van der Waals surface area contributed by atoms with Gasteiger partial charge in [-0.1, -0.05) is 40.4 Å². The van der Waals surface area contributed by atoms with E-state index in [1.54, 1.807) is 18.3 Å². The van der Waals surface area contributed by atoms with Crippen molar-refractivity contribution in [1.82, 2.24) is 25.6 Å². The molecule has 4 rings (SSSR count). The lowest BCUT2D eigenvalue weighted by molar-refractivity contribution is 0.0687. The molecule has 3 N–H and O–H groups in total. The first kappa shape index (κ1) is 15.4. The first-order valence-corrected chi connectivity index (χ1v) is 7.57. The van der Waals surface area contributed by atoms with Gasteiger partial charge >= 0.3 is 5.97 Å². The van der Waals surface area contributed by atoms with Gasteiger partial charge in [0, 0.05) is 10.9 Å². The quantitative estimate of drug-likeness (QED) is 0.491. The molecule has 0 bridgehead atoms. The van der Waals surface area contributed by atoms with Crippen LogP contribution in [0.15, 0.2) is 48.7 Å². The van der Waals surface area contributed by atoms with Crippen molar-refractivity contribution >= 4 is 16.9 Å². The number of carboxylic acids is 1. The molecule has 2 aromatic heterocycles. The number of rotatable bonds is 3. The van der Waals surface area contributed by atoms with Gasteiger partial charge in [-0.25, -0.2) is 9.89 Å². The average Bonchev–Trinajstić information content (AvgIpc) is 3.30. The monoisotopic (exact) mass is 345 g/mol. The van der Waals surface area contributed by atoms with Gasteiger partial charge in [-0.15, -0.1) is 0 Å². The van der Waals surface area contributed by atoms with Crippen molar-refractivity contribution in [2.75, 3.05) is 0 Å². The molecule has 8 nitrogen and oxygen atoms in total. The summed E-state index contributed by atoms with van der Waals surface area (Å²) in [6, 6.07) is 13.0. The highest BCUT2D eigenvalue weighted by atomic mass is 16.5. The van der Waals surface area contributed by atoms with E-state index in [9.17, 15) is 4.79 Å². The Balaban J connectivity index is 1.74. The molecule has 126 valence electrons. The number of carbonyl (C=O) groups is 1. The number of hydrogen-bond acceptors (Lipinski definition) is 5. The predicted molar refractivity (Wildman–Crippen MR) is 91.9 cm³/mol. The summed E-state index contributed by atoms with van der Waals surface area (Å²) in [5, 5.41) is 26.2. The largest absolute Gasteiger partial charge is 0.476 e. The summed E-state index contributed by atoms with van der Waals surface area (Å²) >= 11 is 0. The number of aromatic carboxylic acids is 1. The number of ether oxygens (including phenoxy) is 1. The van der Waals surface area contributed by atoms with Gasteiger partial charge in [-0.3, -0.25) is 5.10 Å². The van der Waals surface area contributed by atoms with E-state index in [2.05, 4.69) is 37.4 Å². The minimum Gasteiger partial charge on any atom is -0.476 e. The van der Waals surface area contributed by atoms with E-state index < -0.39 is 5.97 Å². The lowest BCUT2D eigenvalue weighted by Gasteiger charge is -2.04. The third-order valence-electron chi connectivity index (χ3n) is 3.58. The molecule has 0 aliphatic rings. The highest BCUT2D eigenvalue weighted by Crippen LogP contribution is 2.27. The third kappa shape index (κ3) is 2.97. The molecular weight excluding hydrogens is 334 g/mol. The van der Waals surface area contributed by atoms with Gasteiger partial charge in [-0.05, 0) is 24.3 Å². The van der Waals surface area contributed by atoms with Crippen molar-refractivity contribution < 1.29 is 14.6 Å². The second kappa shape index (κ2) is 6.41. The zero-order chi connectivity index (χ0) is 17.9. The number of aromatic amines is 2. The van der Waals surface area contributed by atoms with Crippen molar-refractivity contribution in [3.8, 4) is 23.5 Å². The fourth-order valence-electron chi connectivity index (χ4n) is 2.39. The summed E-state index contributed by atoms with van der Waals surface area (Å²) in [6.45, 7) is 0. The van der Waals surface area contributed by atoms with Crippen LogP contribution in [0.25, 0.3) is 10.9 Å². The Morgan fingerprint density at radius 2 is 1.96 bits per heavy atom. The van der Waals surface area contributed by atoms with Crippen molar-refractivity contribution in [3.05, 3.63) is 65.5 Å². The molecule has 0 radical (unpaired) electrons. The highest BCUT2D eigenvalue weighted by Gasteiger charge is 2.17. The Hall–Kier alpha value is -4.12. The topological polar surface area (TPSA) is 117 Å². The van der Waals surface area contributed by atoms with Crippen LogP contribution in [0.4, 0.5) is 0 Å². The molecule has 26 heavy (non-hydrogen) atoms. The van der Waals surface area contributed by atoms with Crippen molar-refractivity contribution in [2.24, 2.45) is 0 Å². The molecule has 0 atom stereocenters. The fraction of sp³-hybridized carbons (Fsp3) is 0. The lowest BCUT2D eigenvalue weighted by Crippen LogP contribution is -1.99. The van der Waals surface area contributed by atoms with Crippen LogP contribution in [-0.2, 0) is 0 Å². The predicted octanol–water partition coefficient (Wildman–Crippen LogP) is 2.57. The Morgan fingerprint density at radius 1 is 1.12 bits per heavy atom. The van der Waals surface area contributed by atoms with E-state index in [1.165, 1.54) is 0 Å². The first-order valence-electron chi connectivity index (χ1n) is 7.57. The molecule has 4 aromatic rings. The molecular formula is C18H11N5O3. The maximum atomic E-state index is 11.1. The third-order valence-corrected chi connectivity index (χ3v) is 3.58. The molecule has 0 unspecified atom stereocenters. The lowest BCUT2D eigenvalue weighted by atomic mass is 10.1. The Bertz CT molecular complexity index is 1150. The number of aromatic nitrogens is 5. The molecule has 0 fully saturated rings. The Morgan fingerprint density at radius 3 is 2.77 bits per heavy atom. The summed E-state index contributed by atoms with van der Waals surface area (Å²) in [5.41, 5.74) is 2.07. The Labute approximate surface area is 146 Å². The number of nitrogens with one attached hydrogen (secondary N) is 2. The van der Waals surface area contributed by atoms with Crippen LogP contribution < -0.4 is 4.74 Å². The van der Waals surface area contributed by atoms with Gasteiger partial charge in [0.1, 0.15) is 5.75 Å². The van der Waals surface area contributed by atoms with Crippen LogP contribution >= 0.6 is 0 Å². The van der Waals surface area contributed by atoms with Crippen LogP contribution in [0.3, 0.4) is 0 Å². The highest BCUT2D eigenvalue weighted by molar-refractivity contribution is 5.88. The second-order valence-electron chi connectivity index (χ2n) is 5.32. The van der Waals surface area contributed by atoms with Crippen LogP contribution in [0.1, 0.15) is 21.6 Å². The van der Waals surface area contributed by atoms with Crippen molar-refractivity contribution in [2.45, 2.75) is 0 Å². The SMILES string of the molecule is O=C(O)c1[nH]nnc1Oc1cc(C#Cc2ccccc2)c2[nH]ncc2c1. The van der Waals surface area contributed by atoms with Gasteiger partial charge in [0.05, 0.1) is 17.3 Å². The van der Waals surface area contributed by atoms with Gasteiger partial charge in [0.25, 0.3) is 5.88 Å². The number of fused-ring (bicyclic) bond motifs is 1. The fourth-order valence-corrected chi connectivity index (χ4v) is 2.39. The van der Waals surface area contributed by atoms with Crippen molar-refractivity contribution in [3.63, 3.8) is 0 Å². The molecule has 0 spiro atoms. The Kier molecular flexibility index (Phi) is 3.80. The first-order chi connectivity index (χ1) is 12.7. The van der Waals surface area contributed by atoms with E-state index in [1.807, 2.05) is 30.3 Å². The molecule has 2 heterocycles. The maximum absolute atomic E-state index is 11.1. The molecule has 0 amide bonds. The van der Waals surface area contributed by atoms with Gasteiger partial charge in [-0.2, -0.15) is 5.10 Å². The summed E-state index contributed by atoms with van der Waals surface area (Å²) in [6.07, 6.45) is 1.64. The van der Waals surface area contributed by atoms with Crippen LogP contribution in [0.5, 0.6) is 11.6 Å². The number of H-pyrrole nitrogens is 2. The summed E-state index contributed by atoms with van der Waals surface area (Å²) < 4.78 is 5.59. The summed E-state index contributed by atoms with van der Waals surface area (Å²) in [7, 11) is 0. The van der Waals surface area contributed by atoms with E-state index >= 15 is 0 Å². The number of benzene rings is 2. The zero-order valence-electron chi connectivity index (χ0n) is 13.2. The van der Waals surface area contributed by atoms with E-state index in [0.717, 1.165) is 16.5 Å². The molecule has 0 saturated heterocycles. The average molecular weight is 345 g/mol. The minimum atomic E-state index is -1.21. The standard InChI is InChI=1S/C18H11N5O3/c24-18(25)16-17(22-23-21-16)26-14-8-12(15-13(9-14)10-19-20-15)7-6-11-4-2-1-3-5-11/h1-5,8-10H,(H,19,20)(H,24,25)(H,21,22,23). The molecule has 0 aliphatic carbocycles. The number of hydrogen-bond donors (Lipinski definition) is 3. The summed E-state index contributed by atoms with van der Waals surface area (Å²) in [5.74, 6) is 5.21. The second-order valence-corrected chi connectivity index (χ2v) is 5.32. The van der Waals surface area contributed by atoms with Gasteiger partial charge < -0.3 is 9.84 Å². The smallest absolute Gasteiger partial charge is 0.359 e. The van der Waals surface area contributed by atoms with Crippen LogP contribution in [-0.4, -0.2) is 36.7 Å². The van der Waals surface area contributed by atoms with Crippen LogP contribution in [0.2, 0.25) is 0 Å². The van der Waals surface area contributed by atoms with Crippen molar-refractivity contribution in [1.29, 1.82) is 0 Å². The number of carboxylic acid groups (broad SMARTS) is 1. The zero-order valence-corrected chi connectivity index (χ0v) is 13.2. The molecule has 8 heteroatoms. The normalized spacial score (nSPS) is 10.3. The molecule has 0 saturated carbocycles. The van der Waals surface area contributed by atoms with Crippen LogP contribution in [0, 0.1) is 11.8 Å². The maximum Gasteiger partial charge on any atom is 0.359 e. The summed E-state index contributed by atoms with van der Waals surface area (Å²) in [4.78, 5) is 11.1. The minimum absolute atomic E-state index is 0.123. The van der Waals surface area contributed by atoms with E-state index in [0.29, 0.717) is 11.3 Å². The molecule has 0 aliphatic heterocycles. The van der Waals surface area contributed by atoms with Gasteiger partial charge in [0.15, 0.2) is 0 Å². The van der Waals surface area contributed by atoms with E-state index in [4.69, 9.17) is 9.84 Å². The van der Waals surface area contributed by atoms with E-state index in [-0.39, 0.29) is 11.6 Å². The van der Waals surface area contributed by atoms with Gasteiger partial charge in [0.2, 0.25) is 5.69 Å².